The summed E-state index contributed by atoms with van der Waals surface area (Å²) in [5.74, 6) is 0.653. The molecule has 7 nitrogen and oxygen atoms in total. The highest BCUT2D eigenvalue weighted by Gasteiger charge is 2.32. The first-order chi connectivity index (χ1) is 12.5. The van der Waals surface area contributed by atoms with Crippen LogP contribution in [0.1, 0.15) is 34.8 Å². The number of carbonyl (C=O) groups excluding carboxylic acids is 1. The number of likely N-dealkylation sites (tertiary alicyclic amines) is 1. The van der Waals surface area contributed by atoms with E-state index in [1.807, 2.05) is 24.3 Å². The van der Waals surface area contributed by atoms with Crippen molar-refractivity contribution in [3.05, 3.63) is 63.7 Å². The van der Waals surface area contributed by atoms with Crippen LogP contribution in [0.5, 0.6) is 11.5 Å². The zero-order valence-corrected chi connectivity index (χ0v) is 14.7. The molecule has 1 unspecified atom stereocenters. The number of rotatable bonds is 5. The number of nitro benzene ring substituents is 1. The topological polar surface area (TPSA) is 81.9 Å². The number of hydrogen-bond donors (Lipinski definition) is 0. The maximum absolute atomic E-state index is 13.0. The van der Waals surface area contributed by atoms with E-state index in [1.54, 1.807) is 18.1 Å². The fourth-order valence-electron chi connectivity index (χ4n) is 3.34. The first-order valence-electron chi connectivity index (χ1n) is 8.32. The third-order valence-electron chi connectivity index (χ3n) is 4.61. The van der Waals surface area contributed by atoms with Crippen molar-refractivity contribution >= 4 is 11.6 Å². The molecule has 2 aromatic rings. The van der Waals surface area contributed by atoms with Gasteiger partial charge in [0.05, 0.1) is 25.2 Å². The van der Waals surface area contributed by atoms with Crippen LogP contribution in [0.3, 0.4) is 0 Å². The van der Waals surface area contributed by atoms with Crippen LogP contribution in [0.2, 0.25) is 0 Å². The third kappa shape index (κ3) is 3.33. The monoisotopic (exact) mass is 356 g/mol. The molecule has 3 rings (SSSR count). The van der Waals surface area contributed by atoms with Crippen molar-refractivity contribution in [1.29, 1.82) is 0 Å². The summed E-state index contributed by atoms with van der Waals surface area (Å²) in [5.41, 5.74) is 1.07. The molecule has 1 aliphatic heterocycles. The van der Waals surface area contributed by atoms with Crippen LogP contribution >= 0.6 is 0 Å². The highest BCUT2D eigenvalue weighted by molar-refractivity contribution is 5.95. The van der Waals surface area contributed by atoms with Gasteiger partial charge in [-0.25, -0.2) is 0 Å². The molecule has 7 heteroatoms. The van der Waals surface area contributed by atoms with Crippen molar-refractivity contribution in [3.8, 4) is 11.5 Å². The Kier molecular flexibility index (Phi) is 5.06. The summed E-state index contributed by atoms with van der Waals surface area (Å²) in [5, 5.41) is 11.2. The van der Waals surface area contributed by atoms with Crippen LogP contribution in [0.4, 0.5) is 5.69 Å². The number of methoxy groups -OCH3 is 2. The fraction of sp³-hybridized carbons (Fsp3) is 0.316. The van der Waals surface area contributed by atoms with Gasteiger partial charge in [0.25, 0.3) is 5.91 Å². The smallest absolute Gasteiger partial charge is 0.311 e. The molecule has 0 aliphatic carbocycles. The number of nitro groups is 1. The van der Waals surface area contributed by atoms with E-state index in [0.29, 0.717) is 6.54 Å². The zero-order chi connectivity index (χ0) is 18.7. The van der Waals surface area contributed by atoms with Crippen molar-refractivity contribution in [2.75, 3.05) is 20.8 Å². The third-order valence-corrected chi connectivity index (χ3v) is 4.61. The SMILES string of the molecule is COc1cccc(C2CCCN2C(=O)c2ccc(OC)c([N+](=O)[O-])c2)c1. The number of hydrogen-bond acceptors (Lipinski definition) is 5. The minimum Gasteiger partial charge on any atom is -0.497 e. The first-order valence-corrected chi connectivity index (χ1v) is 8.32. The predicted molar refractivity (Wildman–Crippen MR) is 95.7 cm³/mol. The van der Waals surface area contributed by atoms with Gasteiger partial charge in [-0.05, 0) is 42.7 Å². The Bertz CT molecular complexity index is 836. The van der Waals surface area contributed by atoms with Gasteiger partial charge < -0.3 is 14.4 Å². The normalized spacial score (nSPS) is 16.4. The fourth-order valence-corrected chi connectivity index (χ4v) is 3.34. The Morgan fingerprint density at radius 1 is 1.19 bits per heavy atom. The van der Waals surface area contributed by atoms with Crippen LogP contribution in [-0.2, 0) is 0 Å². The summed E-state index contributed by atoms with van der Waals surface area (Å²) in [6, 6.07) is 11.9. The molecule has 136 valence electrons. The molecule has 0 bridgehead atoms. The molecule has 1 amide bonds. The molecule has 1 fully saturated rings. The summed E-state index contributed by atoms with van der Waals surface area (Å²) < 4.78 is 10.3. The van der Waals surface area contributed by atoms with Crippen LogP contribution < -0.4 is 9.47 Å². The quantitative estimate of drug-likeness (QED) is 0.604. The molecule has 0 saturated carbocycles. The number of benzene rings is 2. The Balaban J connectivity index is 1.91. The molecule has 1 heterocycles. The van der Waals surface area contributed by atoms with Gasteiger partial charge in [-0.15, -0.1) is 0 Å². The molecule has 1 atom stereocenters. The van der Waals surface area contributed by atoms with Gasteiger partial charge in [-0.1, -0.05) is 12.1 Å². The molecule has 0 N–H and O–H groups in total. The lowest BCUT2D eigenvalue weighted by Crippen LogP contribution is -2.30. The zero-order valence-electron chi connectivity index (χ0n) is 14.7. The highest BCUT2D eigenvalue weighted by Crippen LogP contribution is 2.35. The van der Waals surface area contributed by atoms with E-state index < -0.39 is 4.92 Å². The molecule has 1 aliphatic rings. The second-order valence-corrected chi connectivity index (χ2v) is 6.08. The van der Waals surface area contributed by atoms with E-state index in [9.17, 15) is 14.9 Å². The van der Waals surface area contributed by atoms with Crippen molar-refractivity contribution in [1.82, 2.24) is 4.90 Å². The summed E-state index contributed by atoms with van der Waals surface area (Å²) in [6.45, 7) is 0.612. The lowest BCUT2D eigenvalue weighted by atomic mass is 10.0. The van der Waals surface area contributed by atoms with E-state index >= 15 is 0 Å². The summed E-state index contributed by atoms with van der Waals surface area (Å²) in [6.07, 6.45) is 1.73. The minimum absolute atomic E-state index is 0.0706. The van der Waals surface area contributed by atoms with E-state index in [2.05, 4.69) is 0 Å². The van der Waals surface area contributed by atoms with Crippen molar-refractivity contribution in [3.63, 3.8) is 0 Å². The van der Waals surface area contributed by atoms with Crippen LogP contribution in [0, 0.1) is 10.1 Å². The van der Waals surface area contributed by atoms with Gasteiger partial charge in [-0.3, -0.25) is 14.9 Å². The Hall–Kier alpha value is -3.09. The van der Waals surface area contributed by atoms with Crippen LogP contribution in [-0.4, -0.2) is 36.5 Å². The van der Waals surface area contributed by atoms with E-state index in [1.165, 1.54) is 19.2 Å². The average Bonchev–Trinajstić information content (AvgIpc) is 3.16. The van der Waals surface area contributed by atoms with Crippen molar-refractivity contribution in [2.45, 2.75) is 18.9 Å². The van der Waals surface area contributed by atoms with Gasteiger partial charge in [-0.2, -0.15) is 0 Å². The molecule has 0 radical (unpaired) electrons. The molecule has 0 spiro atoms. The standard InChI is InChI=1S/C19H20N2O5/c1-25-15-6-3-5-13(11-15)16-7-4-10-20(16)19(22)14-8-9-18(26-2)17(12-14)21(23)24/h3,5-6,8-9,11-12,16H,4,7,10H2,1-2H3. The molecule has 2 aromatic carbocycles. The van der Waals surface area contributed by atoms with Crippen LogP contribution in [0.25, 0.3) is 0 Å². The maximum Gasteiger partial charge on any atom is 0.311 e. The molecular weight excluding hydrogens is 336 g/mol. The van der Waals surface area contributed by atoms with Crippen molar-refractivity contribution in [2.24, 2.45) is 0 Å². The number of amides is 1. The summed E-state index contributed by atoms with van der Waals surface area (Å²) >= 11 is 0. The number of nitrogens with zero attached hydrogens (tertiary/aromatic N) is 2. The van der Waals surface area contributed by atoms with Gasteiger partial charge in [0.1, 0.15) is 5.75 Å². The Morgan fingerprint density at radius 3 is 2.69 bits per heavy atom. The van der Waals surface area contributed by atoms with Gasteiger partial charge in [0.2, 0.25) is 0 Å². The summed E-state index contributed by atoms with van der Waals surface area (Å²) in [7, 11) is 2.97. The molecule has 1 saturated heterocycles. The molecular formula is C19H20N2O5. The van der Waals surface area contributed by atoms with E-state index in [0.717, 1.165) is 24.2 Å². The Morgan fingerprint density at radius 2 is 2.00 bits per heavy atom. The average molecular weight is 356 g/mol. The molecule has 26 heavy (non-hydrogen) atoms. The Labute approximate surface area is 151 Å². The lowest BCUT2D eigenvalue weighted by Gasteiger charge is -2.25. The number of ether oxygens (including phenoxy) is 2. The van der Waals surface area contributed by atoms with Gasteiger partial charge >= 0.3 is 5.69 Å². The van der Waals surface area contributed by atoms with Gasteiger partial charge in [0, 0.05) is 18.2 Å². The highest BCUT2D eigenvalue weighted by atomic mass is 16.6. The molecule has 0 aromatic heterocycles. The second-order valence-electron chi connectivity index (χ2n) is 6.08. The van der Waals surface area contributed by atoms with Gasteiger partial charge in [0.15, 0.2) is 5.75 Å². The predicted octanol–water partition coefficient (Wildman–Crippen LogP) is 3.59. The minimum atomic E-state index is -0.543. The van der Waals surface area contributed by atoms with Crippen molar-refractivity contribution < 1.29 is 19.2 Å². The van der Waals surface area contributed by atoms with E-state index in [4.69, 9.17) is 9.47 Å². The maximum atomic E-state index is 13.0. The largest absolute Gasteiger partial charge is 0.497 e. The number of carbonyl (C=O) groups is 1. The summed E-state index contributed by atoms with van der Waals surface area (Å²) in [4.78, 5) is 25.4. The van der Waals surface area contributed by atoms with E-state index in [-0.39, 0.29) is 28.9 Å². The lowest BCUT2D eigenvalue weighted by molar-refractivity contribution is -0.385. The second kappa shape index (κ2) is 7.43. The van der Waals surface area contributed by atoms with Crippen LogP contribution in [0.15, 0.2) is 42.5 Å². The first kappa shape index (κ1) is 17.7.